The van der Waals surface area contributed by atoms with Gasteiger partial charge in [-0.1, -0.05) is 54.1 Å². The molecular formula is C38H29Cl2FN2O6. The van der Waals surface area contributed by atoms with Gasteiger partial charge in [0.1, 0.15) is 17.3 Å². The quantitative estimate of drug-likeness (QED) is 0.146. The third kappa shape index (κ3) is 4.41. The van der Waals surface area contributed by atoms with Gasteiger partial charge in [-0.3, -0.25) is 24.1 Å². The number of fused-ring (bicyclic) bond motifs is 5. The molecule has 2 heterocycles. The second-order valence-electron chi connectivity index (χ2n) is 13.2. The second kappa shape index (κ2) is 11.1. The van der Waals surface area contributed by atoms with Crippen LogP contribution in [0.5, 0.6) is 11.5 Å². The fraction of sp³-hybridized carbons (Fsp3) is 0.263. The van der Waals surface area contributed by atoms with Gasteiger partial charge in [0, 0.05) is 17.8 Å². The van der Waals surface area contributed by atoms with E-state index in [9.17, 15) is 33.8 Å². The Kier molecular flexibility index (Phi) is 7.18. The molecule has 4 amide bonds. The number of benzene rings is 4. The minimum atomic E-state index is -2.08. The van der Waals surface area contributed by atoms with Gasteiger partial charge < -0.3 is 10.2 Å². The van der Waals surface area contributed by atoms with Gasteiger partial charge in [0.2, 0.25) is 11.8 Å². The molecule has 0 spiro atoms. The normalized spacial score (nSPS) is 29.2. The summed E-state index contributed by atoms with van der Waals surface area (Å²) in [5.74, 6) is -6.02. The van der Waals surface area contributed by atoms with Crippen molar-refractivity contribution in [2.24, 2.45) is 17.8 Å². The van der Waals surface area contributed by atoms with Crippen LogP contribution in [0.2, 0.25) is 0 Å². The number of allylic oxidation sites excluding steroid dienone is 2. The zero-order valence-corrected chi connectivity index (χ0v) is 27.4. The zero-order chi connectivity index (χ0) is 34.4. The van der Waals surface area contributed by atoms with Crippen LogP contribution < -0.4 is 4.90 Å². The van der Waals surface area contributed by atoms with Crippen molar-refractivity contribution in [3.05, 3.63) is 114 Å². The predicted octanol–water partition coefficient (Wildman–Crippen LogP) is 6.20. The molecule has 4 aliphatic rings. The molecule has 2 aliphatic carbocycles. The van der Waals surface area contributed by atoms with Crippen molar-refractivity contribution < 1.29 is 33.8 Å². The Hall–Kier alpha value is -4.73. The Labute approximate surface area is 290 Å². The number of hydrogen-bond acceptors (Lipinski definition) is 6. The highest BCUT2D eigenvalue weighted by molar-refractivity contribution is 6.58. The molecule has 4 aromatic carbocycles. The first-order valence-electron chi connectivity index (χ1n) is 16.0. The molecular weight excluding hydrogens is 670 g/mol. The van der Waals surface area contributed by atoms with Gasteiger partial charge in [-0.05, 0) is 84.2 Å². The van der Waals surface area contributed by atoms with Crippen molar-refractivity contribution in [2.45, 2.75) is 34.9 Å². The summed E-state index contributed by atoms with van der Waals surface area (Å²) in [7, 11) is 0. The maximum absolute atomic E-state index is 14.6. The maximum atomic E-state index is 14.6. The van der Waals surface area contributed by atoms with Crippen molar-refractivity contribution >= 4 is 63.3 Å². The van der Waals surface area contributed by atoms with Crippen molar-refractivity contribution in [1.82, 2.24) is 4.90 Å². The largest absolute Gasteiger partial charge is 0.508 e. The molecule has 49 heavy (non-hydrogen) atoms. The molecule has 2 N–H and O–H groups in total. The van der Waals surface area contributed by atoms with Gasteiger partial charge in [0.05, 0.1) is 17.5 Å². The Bertz CT molecular complexity index is 2120. The Morgan fingerprint density at radius 3 is 2.20 bits per heavy atom. The molecule has 0 aromatic heterocycles. The van der Waals surface area contributed by atoms with Crippen LogP contribution in [0.25, 0.3) is 10.8 Å². The minimum absolute atomic E-state index is 0.00718. The van der Waals surface area contributed by atoms with Crippen LogP contribution in [-0.4, -0.2) is 55.0 Å². The number of anilines is 1. The third-order valence-corrected chi connectivity index (χ3v) is 12.2. The summed E-state index contributed by atoms with van der Waals surface area (Å²) < 4.78 is 13.9. The van der Waals surface area contributed by atoms with Gasteiger partial charge in [-0.2, -0.15) is 0 Å². The van der Waals surface area contributed by atoms with Gasteiger partial charge in [-0.25, -0.2) is 9.29 Å². The highest BCUT2D eigenvalue weighted by atomic mass is 35.5. The van der Waals surface area contributed by atoms with E-state index in [-0.39, 0.29) is 48.4 Å². The lowest BCUT2D eigenvalue weighted by molar-refractivity contribution is -0.140. The van der Waals surface area contributed by atoms with E-state index < -0.39 is 51.1 Å². The van der Waals surface area contributed by atoms with Crippen molar-refractivity contribution in [1.29, 1.82) is 0 Å². The van der Waals surface area contributed by atoms with Gasteiger partial charge in [0.25, 0.3) is 11.8 Å². The number of likely N-dealkylation sites (tertiary alicyclic amines) is 1. The van der Waals surface area contributed by atoms with Gasteiger partial charge in [-0.15, -0.1) is 23.2 Å². The smallest absolute Gasteiger partial charge is 0.258 e. The van der Waals surface area contributed by atoms with Crippen LogP contribution in [-0.2, 0) is 25.6 Å². The molecule has 1 saturated carbocycles. The first kappa shape index (κ1) is 31.5. The molecule has 0 radical (unpaired) electrons. The number of carbonyl (C=O) groups excluding carboxylic acids is 4. The molecule has 2 aliphatic heterocycles. The predicted molar refractivity (Wildman–Crippen MR) is 181 cm³/mol. The standard InChI is InChI=1S/C38H29Cl2FN2O6/c39-37-19-29-27(13-14-28-31(29)34(47)42(33(28)46)18-17-20-5-11-23(44)12-6-20)32(26-15-16-30(45)25-4-2-1-3-24(25)26)38(37,40)36(49)43(35(37)48)22-9-7-21(41)8-10-22/h1-13,15-16,28-29,31-32,44-45H,14,17-19H2. The van der Waals surface area contributed by atoms with Crippen LogP contribution in [0.4, 0.5) is 10.1 Å². The van der Waals surface area contributed by atoms with E-state index >= 15 is 0 Å². The topological polar surface area (TPSA) is 115 Å². The first-order chi connectivity index (χ1) is 23.5. The summed E-state index contributed by atoms with van der Waals surface area (Å²) in [6.45, 7) is 0.130. The van der Waals surface area contributed by atoms with E-state index in [2.05, 4.69) is 0 Å². The van der Waals surface area contributed by atoms with Crippen LogP contribution in [0.1, 0.15) is 29.9 Å². The molecule has 3 fully saturated rings. The number of amides is 4. The number of alkyl halides is 2. The average Bonchev–Trinajstić information content (AvgIpc) is 3.43. The average molecular weight is 700 g/mol. The number of phenols is 2. The van der Waals surface area contributed by atoms with E-state index in [4.69, 9.17) is 23.2 Å². The van der Waals surface area contributed by atoms with E-state index in [1.165, 1.54) is 23.1 Å². The number of halogens is 3. The number of nitrogens with zero attached hydrogens (tertiary/aromatic N) is 2. The molecule has 2 saturated heterocycles. The van der Waals surface area contributed by atoms with Gasteiger partial charge in [0.15, 0.2) is 9.75 Å². The lowest BCUT2D eigenvalue weighted by Gasteiger charge is -2.51. The Morgan fingerprint density at radius 2 is 1.49 bits per heavy atom. The summed E-state index contributed by atoms with van der Waals surface area (Å²) >= 11 is 15.0. The summed E-state index contributed by atoms with van der Waals surface area (Å²) in [6, 6.07) is 21.6. The molecule has 6 atom stereocenters. The summed E-state index contributed by atoms with van der Waals surface area (Å²) in [4.78, 5) is 55.2. The Balaban J connectivity index is 1.26. The fourth-order valence-corrected chi connectivity index (χ4v) is 9.42. The Morgan fingerprint density at radius 1 is 0.796 bits per heavy atom. The molecule has 248 valence electrons. The van der Waals surface area contributed by atoms with E-state index in [0.29, 0.717) is 28.3 Å². The third-order valence-electron chi connectivity index (χ3n) is 10.8. The summed E-state index contributed by atoms with van der Waals surface area (Å²) in [5.41, 5.74) is 2.10. The van der Waals surface area contributed by atoms with Crippen LogP contribution in [0.3, 0.4) is 0 Å². The molecule has 0 bridgehead atoms. The van der Waals surface area contributed by atoms with Crippen molar-refractivity contribution in [2.75, 3.05) is 11.4 Å². The lowest BCUT2D eigenvalue weighted by atomic mass is 9.56. The SMILES string of the molecule is O=C1C2CC=C3C(CC4(Cl)C(=O)N(c5ccc(F)cc5)C(=O)C4(Cl)C3c3ccc(O)c4ccccc34)C2C(=O)N1CCc1ccc(O)cc1. The van der Waals surface area contributed by atoms with Crippen LogP contribution in [0.15, 0.2) is 96.6 Å². The highest BCUT2D eigenvalue weighted by Crippen LogP contribution is 2.66. The number of phenolic OH excluding ortho intramolecular Hbond substituents is 2. The highest BCUT2D eigenvalue weighted by Gasteiger charge is 2.76. The number of rotatable bonds is 5. The lowest BCUT2D eigenvalue weighted by Crippen LogP contribution is -2.60. The number of imide groups is 2. The number of hydrogen-bond donors (Lipinski definition) is 2. The molecule has 6 unspecified atom stereocenters. The molecule has 4 aromatic rings. The van der Waals surface area contributed by atoms with E-state index in [1.54, 1.807) is 54.6 Å². The van der Waals surface area contributed by atoms with E-state index in [1.807, 2.05) is 6.08 Å². The van der Waals surface area contributed by atoms with Crippen LogP contribution >= 0.6 is 23.2 Å². The molecule has 11 heteroatoms. The number of carbonyl (C=O) groups is 4. The first-order valence-corrected chi connectivity index (χ1v) is 16.8. The van der Waals surface area contributed by atoms with Crippen molar-refractivity contribution in [3.63, 3.8) is 0 Å². The van der Waals surface area contributed by atoms with Crippen molar-refractivity contribution in [3.8, 4) is 11.5 Å². The maximum Gasteiger partial charge on any atom is 0.258 e. The summed E-state index contributed by atoms with van der Waals surface area (Å²) in [5, 5.41) is 21.5. The van der Waals surface area contributed by atoms with E-state index in [0.717, 1.165) is 22.6 Å². The molecule has 8 nitrogen and oxygen atoms in total. The molecule has 8 rings (SSSR count). The second-order valence-corrected chi connectivity index (χ2v) is 14.5. The fourth-order valence-electron chi connectivity index (χ4n) is 8.49. The zero-order valence-electron chi connectivity index (χ0n) is 25.9. The number of aromatic hydroxyl groups is 2. The van der Waals surface area contributed by atoms with Crippen LogP contribution in [0, 0.1) is 23.6 Å². The van der Waals surface area contributed by atoms with Gasteiger partial charge >= 0.3 is 0 Å². The summed E-state index contributed by atoms with van der Waals surface area (Å²) in [6.07, 6.45) is 2.28. The minimum Gasteiger partial charge on any atom is -0.508 e. The monoisotopic (exact) mass is 698 g/mol.